The van der Waals surface area contributed by atoms with Crippen molar-refractivity contribution in [2.24, 2.45) is 0 Å². The van der Waals surface area contributed by atoms with Crippen molar-refractivity contribution in [2.45, 2.75) is 17.3 Å². The molecule has 8 heteroatoms. The lowest BCUT2D eigenvalue weighted by Gasteiger charge is -2.05. The Morgan fingerprint density at radius 1 is 1.60 bits per heavy atom. The molecule has 0 aliphatic rings. The molecule has 2 aromatic rings. The van der Waals surface area contributed by atoms with Crippen LogP contribution in [0.25, 0.3) is 0 Å². The lowest BCUT2D eigenvalue weighted by Crippen LogP contribution is -2.22. The first-order valence-electron chi connectivity index (χ1n) is 5.63. The molecule has 0 radical (unpaired) electrons. The predicted octanol–water partition coefficient (Wildman–Crippen LogP) is 1.06. The Hall–Kier alpha value is -1.82. The fourth-order valence-corrected chi connectivity index (χ4v) is 3.89. The molecule has 0 aliphatic carbocycles. The number of ether oxygens (including phenoxy) is 1. The Kier molecular flexibility index (Phi) is 4.44. The van der Waals surface area contributed by atoms with Gasteiger partial charge in [0.1, 0.15) is 12.3 Å². The Labute approximate surface area is 121 Å². The van der Waals surface area contributed by atoms with Crippen molar-refractivity contribution in [3.05, 3.63) is 29.4 Å². The summed E-state index contributed by atoms with van der Waals surface area (Å²) in [5.41, 5.74) is 0.736. The molecule has 106 valence electrons. The first kappa shape index (κ1) is 14.6. The fourth-order valence-electron chi connectivity index (χ4n) is 1.55. The zero-order valence-electron chi connectivity index (χ0n) is 10.7. The first-order valence-corrected chi connectivity index (χ1v) is 7.99. The van der Waals surface area contributed by atoms with Crippen molar-refractivity contribution < 1.29 is 13.2 Å². The van der Waals surface area contributed by atoms with Crippen molar-refractivity contribution in [1.29, 1.82) is 0 Å². The maximum absolute atomic E-state index is 12.1. The van der Waals surface area contributed by atoms with Gasteiger partial charge in [-0.2, -0.15) is 5.10 Å². The molecule has 2 rings (SSSR count). The second-order valence-electron chi connectivity index (χ2n) is 3.85. The van der Waals surface area contributed by atoms with E-state index in [1.165, 1.54) is 7.11 Å². The maximum Gasteiger partial charge on any atom is 0.254 e. The SMILES string of the molecule is C#CCn1cc(CNS(=O)(=O)c2sccc2OC)cn1. The highest BCUT2D eigenvalue weighted by Gasteiger charge is 2.20. The number of hydrogen-bond donors (Lipinski definition) is 1. The molecular formula is C12H13N3O3S2. The van der Waals surface area contributed by atoms with E-state index < -0.39 is 10.0 Å². The van der Waals surface area contributed by atoms with Crippen LogP contribution in [0.2, 0.25) is 0 Å². The van der Waals surface area contributed by atoms with Crippen molar-refractivity contribution in [1.82, 2.24) is 14.5 Å². The van der Waals surface area contributed by atoms with Gasteiger partial charge in [0.2, 0.25) is 0 Å². The van der Waals surface area contributed by atoms with Gasteiger partial charge in [-0.05, 0) is 11.4 Å². The minimum absolute atomic E-state index is 0.147. The summed E-state index contributed by atoms with van der Waals surface area (Å²) in [6.45, 7) is 0.499. The second-order valence-corrected chi connectivity index (χ2v) is 6.73. The average molecular weight is 311 g/mol. The third kappa shape index (κ3) is 3.19. The van der Waals surface area contributed by atoms with Gasteiger partial charge in [-0.15, -0.1) is 17.8 Å². The molecule has 20 heavy (non-hydrogen) atoms. The van der Waals surface area contributed by atoms with Gasteiger partial charge in [-0.1, -0.05) is 5.92 Å². The van der Waals surface area contributed by atoms with E-state index in [0.29, 0.717) is 12.3 Å². The topological polar surface area (TPSA) is 73.2 Å². The van der Waals surface area contributed by atoms with Crippen LogP contribution in [0.5, 0.6) is 5.75 Å². The Bertz CT molecular complexity index is 725. The molecule has 1 N–H and O–H groups in total. The standard InChI is InChI=1S/C12H13N3O3S2/c1-3-5-15-9-10(7-13-15)8-14-20(16,17)12-11(18-2)4-6-19-12/h1,4,6-7,9,14H,5,8H2,2H3. The smallest absolute Gasteiger partial charge is 0.254 e. The number of methoxy groups -OCH3 is 1. The maximum atomic E-state index is 12.1. The number of thiophene rings is 1. The van der Waals surface area contributed by atoms with Crippen molar-refractivity contribution in [3.8, 4) is 18.1 Å². The number of sulfonamides is 1. The first-order chi connectivity index (χ1) is 9.56. The number of terminal acetylenes is 1. The lowest BCUT2D eigenvalue weighted by molar-refractivity contribution is 0.406. The molecule has 0 spiro atoms. The molecular weight excluding hydrogens is 298 g/mol. The summed E-state index contributed by atoms with van der Waals surface area (Å²) < 4.78 is 33.5. The molecule has 0 amide bonds. The zero-order chi connectivity index (χ0) is 14.6. The number of aromatic nitrogens is 2. The highest BCUT2D eigenvalue weighted by Crippen LogP contribution is 2.29. The van der Waals surface area contributed by atoms with Gasteiger partial charge in [-0.25, -0.2) is 13.1 Å². The Morgan fingerprint density at radius 2 is 2.40 bits per heavy atom. The number of hydrogen-bond acceptors (Lipinski definition) is 5. The number of nitrogens with one attached hydrogen (secondary N) is 1. The largest absolute Gasteiger partial charge is 0.494 e. The predicted molar refractivity (Wildman–Crippen MR) is 76.0 cm³/mol. The molecule has 0 aliphatic heterocycles. The highest BCUT2D eigenvalue weighted by molar-refractivity contribution is 7.91. The van der Waals surface area contributed by atoms with Crippen molar-refractivity contribution in [3.63, 3.8) is 0 Å². The van der Waals surface area contributed by atoms with E-state index in [-0.39, 0.29) is 10.8 Å². The summed E-state index contributed by atoms with van der Waals surface area (Å²) in [6, 6.07) is 1.62. The van der Waals surface area contributed by atoms with E-state index >= 15 is 0 Å². The molecule has 0 atom stereocenters. The summed E-state index contributed by atoms with van der Waals surface area (Å²) in [4.78, 5) is 0. The summed E-state index contributed by atoms with van der Waals surface area (Å²) in [5.74, 6) is 2.79. The summed E-state index contributed by atoms with van der Waals surface area (Å²) in [6.07, 6.45) is 8.45. The summed E-state index contributed by atoms with van der Waals surface area (Å²) in [5, 5.41) is 5.69. The van der Waals surface area contributed by atoms with Crippen molar-refractivity contribution in [2.75, 3.05) is 7.11 Å². The van der Waals surface area contributed by atoms with Crippen LogP contribution in [0.15, 0.2) is 28.0 Å². The van der Waals surface area contributed by atoms with E-state index in [4.69, 9.17) is 11.2 Å². The van der Waals surface area contributed by atoms with Crippen LogP contribution in [-0.2, 0) is 23.1 Å². The van der Waals surface area contributed by atoms with Crippen LogP contribution in [0.3, 0.4) is 0 Å². The van der Waals surface area contributed by atoms with Crippen LogP contribution in [-0.4, -0.2) is 25.3 Å². The van der Waals surface area contributed by atoms with Gasteiger partial charge in [0.25, 0.3) is 10.0 Å². The average Bonchev–Trinajstić information content (AvgIpc) is 3.05. The van der Waals surface area contributed by atoms with Crippen LogP contribution < -0.4 is 9.46 Å². The number of nitrogens with zero attached hydrogens (tertiary/aromatic N) is 2. The van der Waals surface area contributed by atoms with Crippen LogP contribution in [0, 0.1) is 12.3 Å². The Balaban J connectivity index is 2.07. The van der Waals surface area contributed by atoms with E-state index in [0.717, 1.165) is 16.9 Å². The molecule has 0 bridgehead atoms. The van der Waals surface area contributed by atoms with Crippen LogP contribution >= 0.6 is 11.3 Å². The fraction of sp³-hybridized carbons (Fsp3) is 0.250. The molecule has 2 aromatic heterocycles. The summed E-state index contributed by atoms with van der Waals surface area (Å²) in [7, 11) is -2.16. The van der Waals surface area contributed by atoms with Gasteiger partial charge in [0.15, 0.2) is 4.21 Å². The van der Waals surface area contributed by atoms with Gasteiger partial charge < -0.3 is 4.74 Å². The number of rotatable bonds is 6. The van der Waals surface area contributed by atoms with E-state index in [1.807, 2.05) is 0 Å². The second kappa shape index (κ2) is 6.09. The van der Waals surface area contributed by atoms with E-state index in [9.17, 15) is 8.42 Å². The van der Waals surface area contributed by atoms with Gasteiger partial charge in [-0.3, -0.25) is 4.68 Å². The molecule has 0 fully saturated rings. The molecule has 0 aromatic carbocycles. The van der Waals surface area contributed by atoms with E-state index in [1.54, 1.807) is 28.5 Å². The van der Waals surface area contributed by atoms with Crippen molar-refractivity contribution >= 4 is 21.4 Å². The van der Waals surface area contributed by atoms with Gasteiger partial charge in [0.05, 0.1) is 13.3 Å². The third-order valence-corrected chi connectivity index (χ3v) is 5.31. The lowest BCUT2D eigenvalue weighted by atomic mass is 10.4. The molecule has 0 saturated heterocycles. The highest BCUT2D eigenvalue weighted by atomic mass is 32.2. The van der Waals surface area contributed by atoms with Gasteiger partial charge >= 0.3 is 0 Å². The summed E-state index contributed by atoms with van der Waals surface area (Å²) >= 11 is 1.11. The molecule has 2 heterocycles. The molecule has 0 saturated carbocycles. The minimum atomic E-state index is -3.59. The van der Waals surface area contributed by atoms with E-state index in [2.05, 4.69) is 15.7 Å². The zero-order valence-corrected chi connectivity index (χ0v) is 12.4. The van der Waals surface area contributed by atoms with Gasteiger partial charge in [0, 0.05) is 18.3 Å². The van der Waals surface area contributed by atoms with Crippen LogP contribution in [0.1, 0.15) is 5.56 Å². The Morgan fingerprint density at radius 3 is 3.10 bits per heavy atom. The van der Waals surface area contributed by atoms with Crippen LogP contribution in [0.4, 0.5) is 0 Å². The normalized spacial score (nSPS) is 11.2. The molecule has 6 nitrogen and oxygen atoms in total. The third-order valence-electron chi connectivity index (χ3n) is 2.47. The minimum Gasteiger partial charge on any atom is -0.494 e. The molecule has 0 unspecified atom stereocenters. The monoisotopic (exact) mass is 311 g/mol. The quantitative estimate of drug-likeness (QED) is 0.810.